The van der Waals surface area contributed by atoms with E-state index in [1.54, 1.807) is 24.3 Å². The van der Waals surface area contributed by atoms with Crippen molar-refractivity contribution in [3.63, 3.8) is 0 Å². The number of hydrogen-bond donors (Lipinski definition) is 1. The van der Waals surface area contributed by atoms with Crippen LogP contribution in [0, 0.1) is 0 Å². The highest BCUT2D eigenvalue weighted by Crippen LogP contribution is 2.11. The number of nitrogens with two attached hydrogens (primary N) is 1. The molecule has 0 bridgehead atoms. The maximum absolute atomic E-state index is 11.3. The molecule has 4 heteroatoms. The second-order valence-corrected chi connectivity index (χ2v) is 2.81. The van der Waals surface area contributed by atoms with Gasteiger partial charge in [-0.05, 0) is 17.7 Å². The van der Waals surface area contributed by atoms with Crippen molar-refractivity contribution in [2.24, 2.45) is 5.73 Å². The minimum atomic E-state index is -0.560. The van der Waals surface area contributed by atoms with Gasteiger partial charge in [0.25, 0.3) is 0 Å². The quantitative estimate of drug-likeness (QED) is 0.590. The van der Waals surface area contributed by atoms with E-state index in [1.807, 2.05) is 0 Å². The molecule has 0 spiro atoms. The van der Waals surface area contributed by atoms with E-state index in [4.69, 9.17) is 5.73 Å². The van der Waals surface area contributed by atoms with Crippen molar-refractivity contribution in [1.82, 2.24) is 0 Å². The molecule has 78 valence electrons. The van der Waals surface area contributed by atoms with Crippen LogP contribution in [0.3, 0.4) is 0 Å². The van der Waals surface area contributed by atoms with Gasteiger partial charge in [-0.15, -0.1) is 0 Å². The first-order chi connectivity index (χ1) is 7.15. The lowest BCUT2D eigenvalue weighted by Crippen LogP contribution is -2.06. The summed E-state index contributed by atoms with van der Waals surface area (Å²) < 4.78 is 4.59. The minimum absolute atomic E-state index is 0.400. The summed E-state index contributed by atoms with van der Waals surface area (Å²) in [7, 11) is 1.30. The molecule has 0 fully saturated rings. The maximum atomic E-state index is 11.3. The van der Waals surface area contributed by atoms with Crippen LogP contribution in [0.5, 0.6) is 0 Å². The van der Waals surface area contributed by atoms with Crippen molar-refractivity contribution in [1.29, 1.82) is 0 Å². The zero-order valence-electron chi connectivity index (χ0n) is 8.27. The van der Waals surface area contributed by atoms with Crippen LogP contribution in [0.4, 0.5) is 0 Å². The number of ether oxygens (including phenoxy) is 1. The lowest BCUT2D eigenvalue weighted by atomic mass is 10.1. The Kier molecular flexibility index (Phi) is 3.62. The molecule has 2 N–H and O–H groups in total. The van der Waals surface area contributed by atoms with E-state index in [2.05, 4.69) is 4.74 Å². The molecule has 1 aromatic rings. The highest BCUT2D eigenvalue weighted by Gasteiger charge is 2.08. The fourth-order valence-corrected chi connectivity index (χ4v) is 1.11. The Morgan fingerprint density at radius 1 is 1.33 bits per heavy atom. The van der Waals surface area contributed by atoms with Crippen LogP contribution in [0.25, 0.3) is 6.08 Å². The monoisotopic (exact) mass is 205 g/mol. The molecule has 4 nitrogen and oxygen atoms in total. The fourth-order valence-electron chi connectivity index (χ4n) is 1.11. The molecule has 0 saturated carbocycles. The second-order valence-electron chi connectivity index (χ2n) is 2.81. The highest BCUT2D eigenvalue weighted by molar-refractivity contribution is 5.96. The summed E-state index contributed by atoms with van der Waals surface area (Å²) in [5.41, 5.74) is 5.96. The summed E-state index contributed by atoms with van der Waals surface area (Å²) in [4.78, 5) is 21.8. The zero-order chi connectivity index (χ0) is 11.3. The highest BCUT2D eigenvalue weighted by atomic mass is 16.5. The van der Waals surface area contributed by atoms with E-state index in [1.165, 1.54) is 19.3 Å². The number of carbonyl (C=O) groups excluding carboxylic acids is 2. The molecule has 0 aliphatic carbocycles. The summed E-state index contributed by atoms with van der Waals surface area (Å²) in [5, 5.41) is 0. The van der Waals surface area contributed by atoms with Crippen molar-refractivity contribution in [3.05, 3.63) is 41.5 Å². The van der Waals surface area contributed by atoms with E-state index in [-0.39, 0.29) is 0 Å². The Morgan fingerprint density at radius 2 is 2.00 bits per heavy atom. The van der Waals surface area contributed by atoms with Gasteiger partial charge in [-0.25, -0.2) is 4.79 Å². The third-order valence-electron chi connectivity index (χ3n) is 1.79. The fraction of sp³-hybridized carbons (Fsp3) is 0.0909. The lowest BCUT2D eigenvalue weighted by molar-refractivity contribution is -0.113. The predicted octanol–water partition coefficient (Wildman–Crippen LogP) is 0.972. The van der Waals surface area contributed by atoms with Crippen LogP contribution in [-0.4, -0.2) is 19.0 Å². The summed E-state index contributed by atoms with van der Waals surface area (Å²) in [6.45, 7) is 0. The molecule has 0 atom stereocenters. The molecule has 0 unspecified atom stereocenters. The van der Waals surface area contributed by atoms with E-state index >= 15 is 0 Å². The van der Waals surface area contributed by atoms with E-state index in [0.29, 0.717) is 11.1 Å². The minimum Gasteiger partial charge on any atom is -0.465 e. The molecule has 1 amide bonds. The molecule has 0 aliphatic rings. The number of hydrogen-bond acceptors (Lipinski definition) is 3. The molecule has 15 heavy (non-hydrogen) atoms. The van der Waals surface area contributed by atoms with Crippen molar-refractivity contribution >= 4 is 18.0 Å². The van der Waals surface area contributed by atoms with Gasteiger partial charge in [0.15, 0.2) is 0 Å². The molecular weight excluding hydrogens is 194 g/mol. The Hall–Kier alpha value is -2.10. The van der Waals surface area contributed by atoms with Crippen LogP contribution < -0.4 is 5.73 Å². The largest absolute Gasteiger partial charge is 0.465 e. The number of rotatable bonds is 3. The molecule has 0 aliphatic heterocycles. The predicted molar refractivity (Wildman–Crippen MR) is 56.0 cm³/mol. The number of benzene rings is 1. The lowest BCUT2D eigenvalue weighted by Gasteiger charge is -2.02. The Labute approximate surface area is 87.3 Å². The standard InChI is InChI=1S/C11H11NO3/c1-15-11(14)9-5-3-2-4-8(9)6-7-10(12)13/h2-7H,1H3,(H2,12,13). The van der Waals surface area contributed by atoms with Crippen LogP contribution in [0.2, 0.25) is 0 Å². The SMILES string of the molecule is COC(=O)c1ccccc1C=CC(N)=O. The summed E-state index contributed by atoms with van der Waals surface area (Å²) in [5.74, 6) is -1.01. The van der Waals surface area contributed by atoms with Gasteiger partial charge in [0.2, 0.25) is 5.91 Å². The van der Waals surface area contributed by atoms with Crippen molar-refractivity contribution in [3.8, 4) is 0 Å². The molecule has 1 rings (SSSR count). The topological polar surface area (TPSA) is 69.4 Å². The molecule has 0 heterocycles. The third kappa shape index (κ3) is 2.95. The van der Waals surface area contributed by atoms with Gasteiger partial charge in [-0.1, -0.05) is 18.2 Å². The Morgan fingerprint density at radius 3 is 2.60 bits per heavy atom. The summed E-state index contributed by atoms with van der Waals surface area (Å²) >= 11 is 0. The van der Waals surface area contributed by atoms with Crippen LogP contribution in [0.15, 0.2) is 30.3 Å². The second kappa shape index (κ2) is 4.95. The molecular formula is C11H11NO3. The van der Waals surface area contributed by atoms with Crippen LogP contribution >= 0.6 is 0 Å². The van der Waals surface area contributed by atoms with Gasteiger partial charge in [0.1, 0.15) is 0 Å². The smallest absolute Gasteiger partial charge is 0.338 e. The molecule has 0 saturated heterocycles. The van der Waals surface area contributed by atoms with Crippen molar-refractivity contribution in [2.75, 3.05) is 7.11 Å². The van der Waals surface area contributed by atoms with Gasteiger partial charge in [-0.3, -0.25) is 4.79 Å². The number of esters is 1. The summed E-state index contributed by atoms with van der Waals surface area (Å²) in [6.07, 6.45) is 2.68. The van der Waals surface area contributed by atoms with Gasteiger partial charge in [0, 0.05) is 6.08 Å². The van der Waals surface area contributed by atoms with Gasteiger partial charge >= 0.3 is 5.97 Å². The molecule has 0 aromatic heterocycles. The zero-order valence-corrected chi connectivity index (χ0v) is 8.27. The van der Waals surface area contributed by atoms with Crippen LogP contribution in [-0.2, 0) is 9.53 Å². The first-order valence-corrected chi connectivity index (χ1v) is 4.30. The number of methoxy groups -OCH3 is 1. The van der Waals surface area contributed by atoms with Gasteiger partial charge < -0.3 is 10.5 Å². The molecule has 0 radical (unpaired) electrons. The number of carbonyl (C=O) groups is 2. The van der Waals surface area contributed by atoms with Crippen molar-refractivity contribution < 1.29 is 14.3 Å². The maximum Gasteiger partial charge on any atom is 0.338 e. The average Bonchev–Trinajstić information content (AvgIpc) is 2.25. The number of amides is 1. The van der Waals surface area contributed by atoms with Crippen LogP contribution in [0.1, 0.15) is 15.9 Å². The Balaban J connectivity index is 3.06. The normalized spacial score (nSPS) is 10.2. The number of primary amides is 1. The van der Waals surface area contributed by atoms with Crippen molar-refractivity contribution in [2.45, 2.75) is 0 Å². The first-order valence-electron chi connectivity index (χ1n) is 4.30. The molecule has 1 aromatic carbocycles. The average molecular weight is 205 g/mol. The van der Waals surface area contributed by atoms with Gasteiger partial charge in [0.05, 0.1) is 12.7 Å². The summed E-state index contributed by atoms with van der Waals surface area (Å²) in [6, 6.07) is 6.79. The third-order valence-corrected chi connectivity index (χ3v) is 1.79. The van der Waals surface area contributed by atoms with E-state index < -0.39 is 11.9 Å². The van der Waals surface area contributed by atoms with E-state index in [9.17, 15) is 9.59 Å². The Bertz CT molecular complexity index is 410. The van der Waals surface area contributed by atoms with Gasteiger partial charge in [-0.2, -0.15) is 0 Å². The van der Waals surface area contributed by atoms with E-state index in [0.717, 1.165) is 0 Å². The first kappa shape index (κ1) is 11.0.